The lowest BCUT2D eigenvalue weighted by molar-refractivity contribution is 0.141. The van der Waals surface area contributed by atoms with Gasteiger partial charge in [-0.15, -0.1) is 0 Å². The van der Waals surface area contributed by atoms with Crippen molar-refractivity contribution < 1.29 is 9.53 Å². The van der Waals surface area contributed by atoms with Crippen LogP contribution in [0.3, 0.4) is 0 Å². The predicted molar refractivity (Wildman–Crippen MR) is 132 cm³/mol. The Morgan fingerprint density at radius 3 is 2.59 bits per heavy atom. The van der Waals surface area contributed by atoms with Gasteiger partial charge in [-0.2, -0.15) is 4.98 Å². The largest absolute Gasteiger partial charge is 0.496 e. The van der Waals surface area contributed by atoms with Crippen molar-refractivity contribution in [1.82, 2.24) is 34.6 Å². The Kier molecular flexibility index (Phi) is 6.87. The molecule has 0 saturated carbocycles. The van der Waals surface area contributed by atoms with Gasteiger partial charge in [-0.1, -0.05) is 0 Å². The highest BCUT2D eigenvalue weighted by atomic mass is 16.5. The molecule has 0 aliphatic carbocycles. The van der Waals surface area contributed by atoms with Gasteiger partial charge < -0.3 is 25.3 Å². The summed E-state index contributed by atoms with van der Waals surface area (Å²) in [6, 6.07) is -0.00952. The number of hydrogen-bond donors (Lipinski definition) is 2. The zero-order valence-electron chi connectivity index (χ0n) is 20.7. The number of aromatic nitrogens is 4. The van der Waals surface area contributed by atoms with Gasteiger partial charge in [0.05, 0.1) is 25.0 Å². The van der Waals surface area contributed by atoms with Crippen molar-refractivity contribution >= 4 is 23.0 Å². The first-order valence-electron chi connectivity index (χ1n) is 11.6. The summed E-state index contributed by atoms with van der Waals surface area (Å²) in [5.74, 6) is 1.13. The van der Waals surface area contributed by atoms with Gasteiger partial charge in [0, 0.05) is 68.7 Å². The molecule has 34 heavy (non-hydrogen) atoms. The van der Waals surface area contributed by atoms with Crippen molar-refractivity contribution in [2.24, 2.45) is 0 Å². The highest BCUT2D eigenvalue weighted by molar-refractivity contribution is 5.84. The summed E-state index contributed by atoms with van der Waals surface area (Å²) >= 11 is 0. The fourth-order valence-corrected chi connectivity index (χ4v) is 4.79. The summed E-state index contributed by atoms with van der Waals surface area (Å²) in [6.07, 6.45) is 4.86. The van der Waals surface area contributed by atoms with Crippen LogP contribution in [-0.4, -0.2) is 82.2 Å². The molecule has 1 fully saturated rings. The molecule has 1 aliphatic heterocycles. The van der Waals surface area contributed by atoms with Gasteiger partial charge in [0.15, 0.2) is 0 Å². The number of aryl methyl sites for hydroxylation is 2. The summed E-state index contributed by atoms with van der Waals surface area (Å²) in [5.41, 5.74) is 11.9. The Hall–Kier alpha value is -3.40. The van der Waals surface area contributed by atoms with E-state index >= 15 is 0 Å². The molecular formula is C24H34N8O2. The predicted octanol–water partition coefficient (Wildman–Crippen LogP) is 1.89. The van der Waals surface area contributed by atoms with Crippen LogP contribution in [-0.2, 0) is 13.0 Å². The number of nitrogens with two attached hydrogens (primary N) is 1. The number of methoxy groups -OCH3 is 1. The number of pyridine rings is 1. The number of anilines is 1. The van der Waals surface area contributed by atoms with E-state index in [2.05, 4.69) is 35.9 Å². The molecule has 0 bridgehead atoms. The molecule has 0 aromatic carbocycles. The number of carbonyl (C=O) groups is 1. The smallest absolute Gasteiger partial charge is 0.317 e. The van der Waals surface area contributed by atoms with Gasteiger partial charge >= 0.3 is 6.03 Å². The number of amides is 2. The maximum absolute atomic E-state index is 11.9. The average molecular weight is 467 g/mol. The highest BCUT2D eigenvalue weighted by Crippen LogP contribution is 2.28. The number of nitrogens with one attached hydrogen (secondary N) is 1. The Labute approximate surface area is 200 Å². The van der Waals surface area contributed by atoms with Gasteiger partial charge in [0.1, 0.15) is 11.4 Å². The first kappa shape index (κ1) is 23.7. The molecule has 3 aromatic heterocycles. The molecule has 0 radical (unpaired) electrons. The van der Waals surface area contributed by atoms with Gasteiger partial charge in [0.2, 0.25) is 5.95 Å². The Bertz CT molecular complexity index is 1200. The zero-order valence-corrected chi connectivity index (χ0v) is 20.7. The zero-order chi connectivity index (χ0) is 24.4. The SMILES string of the molecule is CNC(=O)N1CCN(CCc2cn(Cc3ncc(C)c(OC)c3C)c3nc(N)nc(C)c23)CC1. The van der Waals surface area contributed by atoms with Gasteiger partial charge in [-0.3, -0.25) is 9.88 Å². The van der Waals surface area contributed by atoms with Crippen LogP contribution in [0.15, 0.2) is 12.4 Å². The van der Waals surface area contributed by atoms with Crippen LogP contribution >= 0.6 is 0 Å². The second-order valence-electron chi connectivity index (χ2n) is 8.83. The van der Waals surface area contributed by atoms with E-state index in [1.165, 1.54) is 5.56 Å². The van der Waals surface area contributed by atoms with Crippen LogP contribution in [0.5, 0.6) is 5.75 Å². The summed E-state index contributed by atoms with van der Waals surface area (Å²) in [7, 11) is 3.36. The fourth-order valence-electron chi connectivity index (χ4n) is 4.79. The average Bonchev–Trinajstić information content (AvgIpc) is 3.17. The quantitative estimate of drug-likeness (QED) is 0.570. The van der Waals surface area contributed by atoms with Gasteiger partial charge in [-0.05, 0) is 32.8 Å². The monoisotopic (exact) mass is 466 g/mol. The molecule has 4 heterocycles. The van der Waals surface area contributed by atoms with E-state index in [1.54, 1.807) is 14.2 Å². The van der Waals surface area contributed by atoms with Crippen molar-refractivity contribution in [3.63, 3.8) is 0 Å². The molecule has 0 unspecified atom stereocenters. The standard InChI is InChI=1S/C24H34N8O2/c1-15-12-27-19(16(2)21(15)34-5)14-32-13-18(20-17(3)28-23(25)29-22(20)32)6-7-30-8-10-31(11-9-30)24(33)26-4/h12-13H,6-11,14H2,1-5H3,(H,26,33)(H2,25,28,29). The van der Waals surface area contributed by atoms with Crippen LogP contribution in [0, 0.1) is 20.8 Å². The Morgan fingerprint density at radius 1 is 1.18 bits per heavy atom. The number of urea groups is 1. The van der Waals surface area contributed by atoms with E-state index < -0.39 is 0 Å². The van der Waals surface area contributed by atoms with Crippen LogP contribution in [0.4, 0.5) is 10.7 Å². The minimum atomic E-state index is -0.00952. The molecule has 1 saturated heterocycles. The van der Waals surface area contributed by atoms with Crippen molar-refractivity contribution in [1.29, 1.82) is 0 Å². The van der Waals surface area contributed by atoms with Crippen molar-refractivity contribution in [3.05, 3.63) is 40.5 Å². The van der Waals surface area contributed by atoms with E-state index in [-0.39, 0.29) is 12.0 Å². The molecule has 4 rings (SSSR count). The van der Waals surface area contributed by atoms with Crippen LogP contribution in [0.2, 0.25) is 0 Å². The first-order chi connectivity index (χ1) is 16.3. The lowest BCUT2D eigenvalue weighted by Crippen LogP contribution is -2.51. The fraction of sp³-hybridized carbons (Fsp3) is 0.500. The molecule has 0 spiro atoms. The van der Waals surface area contributed by atoms with Crippen molar-refractivity contribution in [2.45, 2.75) is 33.7 Å². The summed E-state index contributed by atoms with van der Waals surface area (Å²) < 4.78 is 7.71. The number of nitrogen functional groups attached to an aromatic ring is 1. The number of fused-ring (bicyclic) bond motifs is 1. The van der Waals surface area contributed by atoms with Crippen LogP contribution in [0.1, 0.15) is 28.1 Å². The summed E-state index contributed by atoms with van der Waals surface area (Å²) in [4.78, 5) is 29.8. The molecule has 1 aliphatic rings. The third-order valence-corrected chi connectivity index (χ3v) is 6.63. The Morgan fingerprint density at radius 2 is 1.91 bits per heavy atom. The van der Waals surface area contributed by atoms with Gasteiger partial charge in [0.25, 0.3) is 0 Å². The minimum Gasteiger partial charge on any atom is -0.496 e. The van der Waals surface area contributed by atoms with Gasteiger partial charge in [-0.25, -0.2) is 9.78 Å². The van der Waals surface area contributed by atoms with Crippen LogP contribution in [0.25, 0.3) is 11.0 Å². The molecule has 10 nitrogen and oxygen atoms in total. The second-order valence-corrected chi connectivity index (χ2v) is 8.83. The molecule has 0 atom stereocenters. The minimum absolute atomic E-state index is 0.00952. The normalized spacial score (nSPS) is 14.6. The number of piperazine rings is 1. The van der Waals surface area contributed by atoms with E-state index in [0.717, 1.165) is 78.4 Å². The maximum Gasteiger partial charge on any atom is 0.317 e. The van der Waals surface area contributed by atoms with Crippen molar-refractivity contribution in [2.75, 3.05) is 52.6 Å². The number of carbonyl (C=O) groups excluding carboxylic acids is 1. The molecule has 2 amide bonds. The summed E-state index contributed by atoms with van der Waals surface area (Å²) in [5, 5.41) is 3.75. The third-order valence-electron chi connectivity index (χ3n) is 6.63. The topological polar surface area (TPSA) is 114 Å². The van der Waals surface area contributed by atoms with Crippen LogP contribution < -0.4 is 15.8 Å². The highest BCUT2D eigenvalue weighted by Gasteiger charge is 2.21. The third kappa shape index (κ3) is 4.63. The Balaban J connectivity index is 1.58. The number of ether oxygens (including phenoxy) is 1. The molecular weight excluding hydrogens is 432 g/mol. The lowest BCUT2D eigenvalue weighted by atomic mass is 10.1. The molecule has 10 heteroatoms. The van der Waals surface area contributed by atoms with E-state index in [0.29, 0.717) is 6.54 Å². The second kappa shape index (κ2) is 9.84. The molecule has 3 N–H and O–H groups in total. The van der Waals surface area contributed by atoms with Crippen molar-refractivity contribution in [3.8, 4) is 5.75 Å². The summed E-state index contributed by atoms with van der Waals surface area (Å²) in [6.45, 7) is 10.7. The molecule has 182 valence electrons. The molecule has 3 aromatic rings. The maximum atomic E-state index is 11.9. The lowest BCUT2D eigenvalue weighted by Gasteiger charge is -2.34. The van der Waals surface area contributed by atoms with E-state index in [4.69, 9.17) is 10.5 Å². The first-order valence-corrected chi connectivity index (χ1v) is 11.6. The van der Waals surface area contributed by atoms with E-state index in [1.807, 2.05) is 31.9 Å². The van der Waals surface area contributed by atoms with E-state index in [9.17, 15) is 4.79 Å². The number of nitrogens with zero attached hydrogens (tertiary/aromatic N) is 6. The number of hydrogen-bond acceptors (Lipinski definition) is 7. The number of rotatable bonds is 6.